The van der Waals surface area contributed by atoms with E-state index in [1.807, 2.05) is 0 Å². The molecule has 0 unspecified atom stereocenters. The number of rotatable bonds is 3. The molecule has 0 aliphatic carbocycles. The van der Waals surface area contributed by atoms with E-state index in [-0.39, 0.29) is 19.0 Å². The fraction of sp³-hybridized carbons (Fsp3) is 0.375. The van der Waals surface area contributed by atoms with Crippen molar-refractivity contribution in [2.24, 2.45) is 0 Å². The van der Waals surface area contributed by atoms with Gasteiger partial charge in [-0.05, 0) is 37.1 Å². The summed E-state index contributed by atoms with van der Waals surface area (Å²) in [5.41, 5.74) is 0.0583. The zero-order chi connectivity index (χ0) is 17.6. The van der Waals surface area contributed by atoms with Gasteiger partial charge < -0.3 is 4.90 Å². The van der Waals surface area contributed by atoms with Gasteiger partial charge in [0.25, 0.3) is 0 Å². The van der Waals surface area contributed by atoms with Crippen LogP contribution in [0, 0.1) is 0 Å². The Morgan fingerprint density at radius 3 is 2.44 bits per heavy atom. The second kappa shape index (κ2) is 6.03. The number of fused-ring (bicyclic) bond motifs is 1. The molecule has 4 rings (SSSR count). The normalized spacial score (nSPS) is 16.6. The van der Waals surface area contributed by atoms with Gasteiger partial charge >= 0.3 is 11.7 Å². The first-order valence-corrected chi connectivity index (χ1v) is 8.46. The fourth-order valence-electron chi connectivity index (χ4n) is 3.20. The molecule has 1 saturated heterocycles. The summed E-state index contributed by atoms with van der Waals surface area (Å²) < 4.78 is 2.10. The van der Waals surface area contributed by atoms with E-state index < -0.39 is 11.7 Å². The van der Waals surface area contributed by atoms with Crippen molar-refractivity contribution in [3.8, 4) is 0 Å². The van der Waals surface area contributed by atoms with Gasteiger partial charge in [0.05, 0.1) is 6.54 Å². The van der Waals surface area contributed by atoms with E-state index >= 15 is 0 Å². The highest BCUT2D eigenvalue weighted by Crippen LogP contribution is 2.23. The number of amides is 2. The minimum atomic E-state index is -0.580. The highest BCUT2D eigenvalue weighted by atomic mass is 35.5. The van der Waals surface area contributed by atoms with Gasteiger partial charge in [0.2, 0.25) is 5.91 Å². The van der Waals surface area contributed by atoms with Crippen LogP contribution < -0.4 is 10.6 Å². The molecule has 0 spiro atoms. The van der Waals surface area contributed by atoms with E-state index in [9.17, 15) is 14.4 Å². The lowest BCUT2D eigenvalue weighted by Gasteiger charge is -2.16. The molecule has 2 amide bonds. The summed E-state index contributed by atoms with van der Waals surface area (Å²) in [6.45, 7) is 1.47. The van der Waals surface area contributed by atoms with Crippen molar-refractivity contribution in [1.82, 2.24) is 19.2 Å². The van der Waals surface area contributed by atoms with Gasteiger partial charge in [-0.3, -0.25) is 9.69 Å². The van der Waals surface area contributed by atoms with Crippen LogP contribution in [0.4, 0.5) is 10.5 Å². The standard InChI is InChI=1S/C16H16ClN5O3/c17-11-3-5-12(6-4-11)20-9-13-18-21(16(25)22(13)15(20)24)10-14(23)19-7-1-2-8-19/h3-6H,1-2,7-10H2. The molecule has 1 aromatic heterocycles. The van der Waals surface area contributed by atoms with Crippen LogP contribution in [-0.4, -0.2) is 44.3 Å². The third kappa shape index (κ3) is 2.72. The predicted molar refractivity (Wildman–Crippen MR) is 90.7 cm³/mol. The molecule has 2 aliphatic rings. The maximum atomic E-state index is 12.6. The number of hydrogen-bond donors (Lipinski definition) is 0. The molecular formula is C16H16ClN5O3. The molecule has 0 saturated carbocycles. The number of benzene rings is 1. The number of carbonyl (C=O) groups excluding carboxylic acids is 2. The quantitative estimate of drug-likeness (QED) is 0.825. The first kappa shape index (κ1) is 15.9. The monoisotopic (exact) mass is 361 g/mol. The van der Waals surface area contributed by atoms with Crippen molar-refractivity contribution >= 4 is 29.2 Å². The average Bonchev–Trinajstić information content (AvgIpc) is 3.29. The van der Waals surface area contributed by atoms with E-state index in [4.69, 9.17) is 11.6 Å². The first-order chi connectivity index (χ1) is 12.0. The molecule has 9 heteroatoms. The molecule has 8 nitrogen and oxygen atoms in total. The van der Waals surface area contributed by atoms with Crippen molar-refractivity contribution in [2.45, 2.75) is 25.9 Å². The summed E-state index contributed by atoms with van der Waals surface area (Å²) in [5, 5.41) is 4.74. The van der Waals surface area contributed by atoms with Gasteiger partial charge in [-0.1, -0.05) is 11.6 Å². The summed E-state index contributed by atoms with van der Waals surface area (Å²) >= 11 is 5.86. The van der Waals surface area contributed by atoms with Crippen molar-refractivity contribution in [2.75, 3.05) is 18.0 Å². The minimum Gasteiger partial charge on any atom is -0.341 e. The van der Waals surface area contributed by atoms with Crippen LogP contribution >= 0.6 is 11.6 Å². The first-order valence-electron chi connectivity index (χ1n) is 8.08. The van der Waals surface area contributed by atoms with E-state index in [2.05, 4.69) is 5.10 Å². The van der Waals surface area contributed by atoms with Crippen LogP contribution in [-0.2, 0) is 17.9 Å². The third-order valence-corrected chi connectivity index (χ3v) is 4.76. The van der Waals surface area contributed by atoms with Gasteiger partial charge in [0.15, 0.2) is 5.82 Å². The van der Waals surface area contributed by atoms with Gasteiger partial charge in [-0.15, -0.1) is 0 Å². The molecule has 2 aromatic rings. The highest BCUT2D eigenvalue weighted by molar-refractivity contribution is 6.30. The molecule has 2 aliphatic heterocycles. The number of likely N-dealkylation sites (tertiary alicyclic amines) is 1. The molecule has 0 N–H and O–H groups in total. The largest absolute Gasteiger partial charge is 0.354 e. The predicted octanol–water partition coefficient (Wildman–Crippen LogP) is 1.31. The van der Waals surface area contributed by atoms with Crippen LogP contribution in [0.2, 0.25) is 5.02 Å². The molecule has 1 aromatic carbocycles. The average molecular weight is 362 g/mol. The fourth-order valence-corrected chi connectivity index (χ4v) is 3.32. The Morgan fingerprint density at radius 2 is 1.80 bits per heavy atom. The van der Waals surface area contributed by atoms with Gasteiger partial charge in [0, 0.05) is 23.8 Å². The Hall–Kier alpha value is -2.61. The smallest absolute Gasteiger partial charge is 0.341 e. The Labute approximate surface area is 148 Å². The van der Waals surface area contributed by atoms with E-state index in [0.717, 1.165) is 22.1 Å². The summed E-state index contributed by atoms with van der Waals surface area (Å²) in [7, 11) is 0. The van der Waals surface area contributed by atoms with Crippen molar-refractivity contribution in [3.05, 3.63) is 45.6 Å². The molecule has 0 atom stereocenters. The Kier molecular flexibility index (Phi) is 3.84. The number of carbonyl (C=O) groups is 2. The summed E-state index contributed by atoms with van der Waals surface area (Å²) in [6.07, 6.45) is 1.96. The number of anilines is 1. The molecule has 0 bridgehead atoms. The topological polar surface area (TPSA) is 80.4 Å². The van der Waals surface area contributed by atoms with Crippen molar-refractivity contribution in [1.29, 1.82) is 0 Å². The molecule has 0 radical (unpaired) electrons. The third-order valence-electron chi connectivity index (χ3n) is 4.51. The number of nitrogens with zero attached hydrogens (tertiary/aromatic N) is 5. The van der Waals surface area contributed by atoms with Crippen LogP contribution in [0.25, 0.3) is 0 Å². The van der Waals surface area contributed by atoms with Gasteiger partial charge in [0.1, 0.15) is 6.54 Å². The van der Waals surface area contributed by atoms with Crippen LogP contribution in [0.15, 0.2) is 29.1 Å². The maximum absolute atomic E-state index is 12.6. The second-order valence-electron chi connectivity index (χ2n) is 6.12. The van der Waals surface area contributed by atoms with Crippen LogP contribution in [0.1, 0.15) is 18.7 Å². The molecule has 130 valence electrons. The molecule has 1 fully saturated rings. The Morgan fingerprint density at radius 1 is 1.12 bits per heavy atom. The highest BCUT2D eigenvalue weighted by Gasteiger charge is 2.34. The van der Waals surface area contributed by atoms with E-state index in [1.165, 1.54) is 4.90 Å². The van der Waals surface area contributed by atoms with Crippen LogP contribution in [0.5, 0.6) is 0 Å². The number of hydrogen-bond acceptors (Lipinski definition) is 4. The summed E-state index contributed by atoms with van der Waals surface area (Å²) in [6, 6.07) is 6.31. The zero-order valence-electron chi connectivity index (χ0n) is 13.4. The van der Waals surface area contributed by atoms with Crippen LogP contribution in [0.3, 0.4) is 0 Å². The van der Waals surface area contributed by atoms with Gasteiger partial charge in [-0.2, -0.15) is 9.67 Å². The molecule has 25 heavy (non-hydrogen) atoms. The van der Waals surface area contributed by atoms with E-state index in [0.29, 0.717) is 29.6 Å². The molecule has 3 heterocycles. The Bertz CT molecular complexity index is 895. The second-order valence-corrected chi connectivity index (χ2v) is 6.56. The minimum absolute atomic E-state index is 0.132. The maximum Gasteiger partial charge on any atom is 0.354 e. The lowest BCUT2D eigenvalue weighted by molar-refractivity contribution is -0.131. The Balaban J connectivity index is 1.56. The number of aromatic nitrogens is 3. The van der Waals surface area contributed by atoms with Crippen molar-refractivity contribution < 1.29 is 9.59 Å². The lowest BCUT2D eigenvalue weighted by Crippen LogP contribution is -2.38. The van der Waals surface area contributed by atoms with E-state index in [1.54, 1.807) is 29.2 Å². The lowest BCUT2D eigenvalue weighted by atomic mass is 10.3. The SMILES string of the molecule is O=C(Cn1nc2n(c1=O)C(=O)N(c1ccc(Cl)cc1)C2)N1CCCC1. The molecular weight excluding hydrogens is 346 g/mol. The number of halogens is 1. The van der Waals surface area contributed by atoms with Crippen molar-refractivity contribution in [3.63, 3.8) is 0 Å². The summed E-state index contributed by atoms with van der Waals surface area (Å²) in [4.78, 5) is 40.4. The van der Waals surface area contributed by atoms with Gasteiger partial charge in [-0.25, -0.2) is 14.3 Å². The zero-order valence-corrected chi connectivity index (χ0v) is 14.1. The summed E-state index contributed by atoms with van der Waals surface area (Å²) in [5.74, 6) is 0.192.